The monoisotopic (exact) mass is 517 g/mol. The number of aliphatic hydroxyl groups excluding tert-OH is 2. The highest BCUT2D eigenvalue weighted by atomic mass is 16.6. The Morgan fingerprint density at radius 1 is 1.08 bits per heavy atom. The van der Waals surface area contributed by atoms with Gasteiger partial charge in [-0.3, -0.25) is 0 Å². The molecule has 212 valence electrons. The van der Waals surface area contributed by atoms with Crippen molar-refractivity contribution in [1.82, 2.24) is 0 Å². The molecule has 0 aromatic heterocycles. The largest absolute Gasteiger partial charge is 0.396 e. The Kier molecular flexibility index (Phi) is 7.57. The second kappa shape index (κ2) is 9.63. The van der Waals surface area contributed by atoms with Crippen molar-refractivity contribution < 1.29 is 20.2 Å². The molecule has 0 aliphatic heterocycles. The van der Waals surface area contributed by atoms with Crippen molar-refractivity contribution in [3.63, 3.8) is 0 Å². The van der Waals surface area contributed by atoms with Gasteiger partial charge in [0, 0.05) is 10.8 Å². The topological polar surface area (TPSA) is 82.3 Å². The summed E-state index contributed by atoms with van der Waals surface area (Å²) in [6.45, 7) is 20.3. The van der Waals surface area contributed by atoms with Gasteiger partial charge in [-0.15, -0.1) is 0 Å². The third-order valence-corrected chi connectivity index (χ3v) is 12.4. The highest BCUT2D eigenvalue weighted by Crippen LogP contribution is 2.74. The van der Waals surface area contributed by atoms with Gasteiger partial charge in [0.1, 0.15) is 6.61 Å². The fraction of sp³-hybridized carbons (Fsp3) is 0.906. The van der Waals surface area contributed by atoms with Gasteiger partial charge >= 0.3 is 0 Å². The van der Waals surface area contributed by atoms with Gasteiger partial charge in [-0.25, -0.2) is 0 Å². The number of hydrogen-bond acceptors (Lipinski definition) is 5. The maximum Gasteiger partial charge on any atom is 0.114 e. The molecular formula is C32H55NO4. The number of rotatable bonds is 7. The molecule has 0 aromatic carbocycles. The molecule has 0 saturated heterocycles. The Morgan fingerprint density at radius 3 is 2.38 bits per heavy atom. The van der Waals surface area contributed by atoms with Crippen molar-refractivity contribution in [2.45, 2.75) is 131 Å². The van der Waals surface area contributed by atoms with Gasteiger partial charge in [0.25, 0.3) is 0 Å². The van der Waals surface area contributed by atoms with Crippen molar-refractivity contribution in [2.75, 3.05) is 6.61 Å². The summed E-state index contributed by atoms with van der Waals surface area (Å²) < 4.78 is 0. The summed E-state index contributed by atoms with van der Waals surface area (Å²) in [5.74, 6) is 1.87. The molecular weight excluding hydrogens is 462 g/mol. The van der Waals surface area contributed by atoms with Crippen LogP contribution in [0.4, 0.5) is 0 Å². The summed E-state index contributed by atoms with van der Waals surface area (Å²) >= 11 is 0. The maximum atomic E-state index is 10.9. The lowest BCUT2D eigenvalue weighted by Gasteiger charge is -2.65. The van der Waals surface area contributed by atoms with Gasteiger partial charge in [0.05, 0.1) is 23.5 Å². The number of oxime groups is 1. The molecule has 37 heavy (non-hydrogen) atoms. The van der Waals surface area contributed by atoms with Crippen LogP contribution in [0.3, 0.4) is 0 Å². The predicted molar refractivity (Wildman–Crippen MR) is 150 cm³/mol. The van der Waals surface area contributed by atoms with Gasteiger partial charge in [-0.1, -0.05) is 58.3 Å². The van der Waals surface area contributed by atoms with Crippen LogP contribution in [0.15, 0.2) is 16.8 Å². The van der Waals surface area contributed by atoms with Crippen molar-refractivity contribution in [1.29, 1.82) is 0 Å². The van der Waals surface area contributed by atoms with Crippen LogP contribution in [0.25, 0.3) is 0 Å². The third kappa shape index (κ3) is 4.34. The molecule has 0 aromatic rings. The first kappa shape index (κ1) is 29.1. The fourth-order valence-electron chi connectivity index (χ4n) is 9.65. The lowest BCUT2D eigenvalue weighted by Crippen LogP contribution is -2.63. The van der Waals surface area contributed by atoms with Crippen molar-refractivity contribution >= 4 is 5.71 Å². The first-order chi connectivity index (χ1) is 17.0. The molecule has 0 heterocycles. The number of hydrogen-bond donors (Lipinski definition) is 3. The molecule has 0 amide bonds. The van der Waals surface area contributed by atoms with Crippen molar-refractivity contribution in [2.24, 2.45) is 50.5 Å². The van der Waals surface area contributed by atoms with E-state index < -0.39 is 11.7 Å². The van der Waals surface area contributed by atoms with Crippen molar-refractivity contribution in [3.8, 4) is 0 Å². The van der Waals surface area contributed by atoms with E-state index in [-0.39, 0.29) is 27.8 Å². The molecule has 3 N–H and O–H groups in total. The van der Waals surface area contributed by atoms with Crippen LogP contribution in [-0.4, -0.2) is 45.4 Å². The van der Waals surface area contributed by atoms with Gasteiger partial charge < -0.3 is 20.2 Å². The van der Waals surface area contributed by atoms with E-state index in [9.17, 15) is 15.3 Å². The Labute approximate surface area is 226 Å². The summed E-state index contributed by atoms with van der Waals surface area (Å²) in [4.78, 5) is 5.84. The number of allylic oxidation sites excluding steroid dienone is 1. The standard InChI is InChI=1S/C32H55NO4/c1-10-37-33-25-19-31(8)21(20(2)11-15-27(35)29(5,6)36)17-18-30(31,7)24-14-12-22-23(32(24,25)9)13-16-26(34)28(22,3)4/h12,20-21,23-24,26-27,34-36H,10-11,13-19H2,1-9H3/b33-25-/t20-,21?,23?,24?,26+,27-,30+,31-,32+/m1/s1. The molecule has 4 aliphatic rings. The average Bonchev–Trinajstić information content (AvgIpc) is 3.08. The van der Waals surface area contributed by atoms with E-state index in [4.69, 9.17) is 9.99 Å². The van der Waals surface area contributed by atoms with Gasteiger partial charge in [0.2, 0.25) is 0 Å². The van der Waals surface area contributed by atoms with Crippen LogP contribution >= 0.6 is 0 Å². The minimum atomic E-state index is -1.06. The van der Waals surface area contributed by atoms with E-state index >= 15 is 0 Å². The smallest absolute Gasteiger partial charge is 0.114 e. The molecule has 3 unspecified atom stereocenters. The predicted octanol–water partition coefficient (Wildman–Crippen LogP) is 6.50. The molecule has 3 fully saturated rings. The molecule has 0 spiro atoms. The molecule has 4 rings (SSSR count). The van der Waals surface area contributed by atoms with E-state index in [1.807, 2.05) is 6.92 Å². The Morgan fingerprint density at radius 2 is 1.76 bits per heavy atom. The first-order valence-electron chi connectivity index (χ1n) is 15.0. The number of fused-ring (bicyclic) bond motifs is 5. The van der Waals surface area contributed by atoms with Gasteiger partial charge in [-0.05, 0) is 107 Å². The van der Waals surface area contributed by atoms with E-state index in [0.29, 0.717) is 36.7 Å². The van der Waals surface area contributed by atoms with E-state index in [0.717, 1.165) is 32.1 Å². The number of nitrogens with zero attached hydrogens (tertiary/aromatic N) is 1. The highest BCUT2D eigenvalue weighted by molar-refractivity contribution is 5.93. The maximum absolute atomic E-state index is 10.9. The van der Waals surface area contributed by atoms with E-state index in [1.54, 1.807) is 13.8 Å². The molecule has 5 nitrogen and oxygen atoms in total. The van der Waals surface area contributed by atoms with E-state index in [1.165, 1.54) is 24.1 Å². The lowest BCUT2D eigenvalue weighted by molar-refractivity contribution is -0.0928. The zero-order valence-corrected chi connectivity index (χ0v) is 25.1. The van der Waals surface area contributed by atoms with Crippen LogP contribution in [0.1, 0.15) is 114 Å². The van der Waals surface area contributed by atoms with Crippen LogP contribution < -0.4 is 0 Å². The first-order valence-corrected chi connectivity index (χ1v) is 15.0. The Hall–Kier alpha value is -0.910. The Bertz CT molecular complexity index is 918. The average molecular weight is 518 g/mol. The second-order valence-electron chi connectivity index (χ2n) is 14.9. The SMILES string of the molecule is CCO/N=C1/C[C@]2(C)C([C@H](C)CC[C@@H](O)C(C)(C)O)CC[C@@]2(C)C2CC=C3C(CC[C@H](O)C3(C)C)[C@]12C. The van der Waals surface area contributed by atoms with Crippen LogP contribution in [0, 0.1) is 45.3 Å². The minimum absolute atomic E-state index is 0.0693. The number of aliphatic hydroxyl groups is 3. The summed E-state index contributed by atoms with van der Waals surface area (Å²) in [6.07, 6.45) is 9.32. The fourth-order valence-corrected chi connectivity index (χ4v) is 9.65. The molecule has 3 saturated carbocycles. The zero-order valence-electron chi connectivity index (χ0n) is 25.1. The van der Waals surface area contributed by atoms with Crippen molar-refractivity contribution in [3.05, 3.63) is 11.6 Å². The Balaban J connectivity index is 1.72. The lowest BCUT2D eigenvalue weighted by atomic mass is 9.38. The normalized spacial score (nSPS) is 43.9. The summed E-state index contributed by atoms with van der Waals surface area (Å²) in [5, 5.41) is 36.6. The summed E-state index contributed by atoms with van der Waals surface area (Å²) in [5.41, 5.74) is 1.61. The van der Waals surface area contributed by atoms with Gasteiger partial charge in [-0.2, -0.15) is 0 Å². The molecule has 0 bridgehead atoms. The third-order valence-electron chi connectivity index (χ3n) is 12.4. The zero-order chi connectivity index (χ0) is 27.6. The molecule has 0 radical (unpaired) electrons. The van der Waals surface area contributed by atoms with Crippen LogP contribution in [0.2, 0.25) is 0 Å². The summed E-state index contributed by atoms with van der Waals surface area (Å²) in [7, 11) is 0. The molecule has 5 heteroatoms. The van der Waals surface area contributed by atoms with E-state index in [2.05, 4.69) is 47.6 Å². The van der Waals surface area contributed by atoms with Crippen LogP contribution in [-0.2, 0) is 4.84 Å². The molecule has 4 aliphatic carbocycles. The summed E-state index contributed by atoms with van der Waals surface area (Å²) in [6, 6.07) is 0. The second-order valence-corrected chi connectivity index (χ2v) is 14.9. The molecule has 9 atom stereocenters. The van der Waals surface area contributed by atoms with Gasteiger partial charge in [0.15, 0.2) is 0 Å². The highest BCUT2D eigenvalue weighted by Gasteiger charge is 2.69. The minimum Gasteiger partial charge on any atom is -0.396 e. The quantitative estimate of drug-likeness (QED) is 0.266. The van der Waals surface area contributed by atoms with Crippen LogP contribution in [0.5, 0.6) is 0 Å².